The predicted molar refractivity (Wildman–Crippen MR) is 149 cm³/mol. The molecule has 0 aromatic carbocycles. The lowest BCUT2D eigenvalue weighted by Gasteiger charge is -2.50. The molecule has 0 saturated carbocycles. The largest absolute Gasteiger partial charge is 0.543 e. The number of aromatic nitrogens is 2. The van der Waals surface area contributed by atoms with Crippen LogP contribution >= 0.6 is 23.1 Å². The van der Waals surface area contributed by atoms with E-state index >= 15 is 0 Å². The highest BCUT2D eigenvalue weighted by atomic mass is 32.2. The number of carboxylic acids is 2. The van der Waals surface area contributed by atoms with E-state index in [0.717, 1.165) is 27.2 Å². The number of thioether (sulfide) groups is 1. The number of amides is 2. The van der Waals surface area contributed by atoms with Gasteiger partial charge in [0, 0.05) is 22.8 Å². The van der Waals surface area contributed by atoms with Crippen molar-refractivity contribution < 1.29 is 43.2 Å². The van der Waals surface area contributed by atoms with Crippen molar-refractivity contribution in [2.75, 3.05) is 11.5 Å². The lowest BCUT2D eigenvalue weighted by Crippen LogP contribution is -2.71. The van der Waals surface area contributed by atoms with E-state index in [2.05, 4.69) is 15.5 Å². The van der Waals surface area contributed by atoms with Crippen LogP contribution in [-0.2, 0) is 30.6 Å². The Bertz CT molecular complexity index is 1710. The van der Waals surface area contributed by atoms with Gasteiger partial charge in [0.2, 0.25) is 5.60 Å². The van der Waals surface area contributed by atoms with Crippen molar-refractivity contribution in [3.8, 4) is 0 Å². The molecular formula is C26H26N6O8S2. The second-order valence-corrected chi connectivity index (χ2v) is 12.2. The minimum absolute atomic E-state index is 0.0170. The van der Waals surface area contributed by atoms with Crippen LogP contribution in [-0.4, -0.2) is 67.2 Å². The minimum atomic E-state index is -1.77. The highest BCUT2D eigenvalue weighted by Crippen LogP contribution is 2.40. The first-order chi connectivity index (χ1) is 19.8. The predicted octanol–water partition coefficient (Wildman–Crippen LogP) is 0.0638. The maximum atomic E-state index is 13.3. The number of nitrogens with two attached hydrogens (primary N) is 1. The van der Waals surface area contributed by atoms with Crippen molar-refractivity contribution >= 4 is 68.8 Å². The Morgan fingerprint density at radius 3 is 2.76 bits per heavy atom. The van der Waals surface area contributed by atoms with E-state index in [0.29, 0.717) is 17.0 Å². The third kappa shape index (κ3) is 5.18. The smallest absolute Gasteiger partial charge is 0.381 e. The van der Waals surface area contributed by atoms with Gasteiger partial charge in [-0.25, -0.2) is 9.78 Å². The SMILES string of the molecule is Cc1cc2c(C)cc[n+](CC3=C(C(=O)[O-])N4C(=O)C(NC(=O)/C(=N\OC(C)(C)C(=O)O)c5csc(N)n5)[C@H]4SC3)c2o1. The van der Waals surface area contributed by atoms with E-state index in [9.17, 15) is 29.4 Å². The van der Waals surface area contributed by atoms with Gasteiger partial charge in [-0.15, -0.1) is 23.1 Å². The molecule has 5 heterocycles. The van der Waals surface area contributed by atoms with Gasteiger partial charge in [-0.2, -0.15) is 4.57 Å². The summed E-state index contributed by atoms with van der Waals surface area (Å²) in [5.74, 6) is -3.43. The van der Waals surface area contributed by atoms with Crippen LogP contribution in [0.1, 0.15) is 30.9 Å². The normalized spacial score (nSPS) is 19.0. The van der Waals surface area contributed by atoms with Crippen molar-refractivity contribution in [3.05, 3.63) is 52.0 Å². The summed E-state index contributed by atoms with van der Waals surface area (Å²) in [4.78, 5) is 60.4. The Balaban J connectivity index is 1.39. The third-order valence-electron chi connectivity index (χ3n) is 6.77. The summed E-state index contributed by atoms with van der Waals surface area (Å²) in [6, 6.07) is 2.70. The van der Waals surface area contributed by atoms with E-state index in [4.69, 9.17) is 15.0 Å². The zero-order valence-corrected chi connectivity index (χ0v) is 24.5. The maximum absolute atomic E-state index is 13.3. The van der Waals surface area contributed by atoms with Crippen LogP contribution in [0.3, 0.4) is 0 Å². The zero-order valence-electron chi connectivity index (χ0n) is 22.9. The molecule has 1 unspecified atom stereocenters. The second-order valence-electron chi connectivity index (χ2n) is 10.2. The number of carboxylic acid groups (broad SMARTS) is 2. The van der Waals surface area contributed by atoms with Crippen molar-refractivity contribution in [2.45, 2.75) is 51.3 Å². The van der Waals surface area contributed by atoms with Gasteiger partial charge in [-0.1, -0.05) is 5.16 Å². The van der Waals surface area contributed by atoms with Crippen LogP contribution < -0.4 is 20.7 Å². The molecule has 0 aliphatic carbocycles. The average Bonchev–Trinajstić information content (AvgIpc) is 3.54. The van der Waals surface area contributed by atoms with Gasteiger partial charge in [0.05, 0.1) is 17.1 Å². The number of carbonyl (C=O) groups excluding carboxylic acids is 3. The molecule has 3 aromatic rings. The third-order valence-corrected chi connectivity index (χ3v) is 8.79. The van der Waals surface area contributed by atoms with Gasteiger partial charge < -0.3 is 35.3 Å². The molecular weight excluding hydrogens is 588 g/mol. The summed E-state index contributed by atoms with van der Waals surface area (Å²) in [6.45, 7) is 6.40. The minimum Gasteiger partial charge on any atom is -0.543 e. The summed E-state index contributed by atoms with van der Waals surface area (Å²) in [7, 11) is 0. The number of oxime groups is 1. The molecule has 1 fully saturated rings. The Labute approximate surface area is 246 Å². The summed E-state index contributed by atoms with van der Waals surface area (Å²) in [5, 5.41) is 29.6. The van der Waals surface area contributed by atoms with Gasteiger partial charge in [0.25, 0.3) is 11.8 Å². The molecule has 2 atom stereocenters. The van der Waals surface area contributed by atoms with Crippen molar-refractivity contribution in [2.24, 2.45) is 5.16 Å². The van der Waals surface area contributed by atoms with E-state index in [1.54, 1.807) is 10.8 Å². The lowest BCUT2D eigenvalue weighted by atomic mass is 10.0. The highest BCUT2D eigenvalue weighted by molar-refractivity contribution is 8.00. The molecule has 0 bridgehead atoms. The fourth-order valence-electron chi connectivity index (χ4n) is 4.49. The molecule has 3 aromatic heterocycles. The number of nitrogens with zero attached hydrogens (tertiary/aromatic N) is 4. The summed E-state index contributed by atoms with van der Waals surface area (Å²) in [5.41, 5.74) is 5.32. The van der Waals surface area contributed by atoms with Crippen LogP contribution in [0, 0.1) is 13.8 Å². The van der Waals surface area contributed by atoms with Crippen LogP contribution in [0.15, 0.2) is 44.6 Å². The van der Waals surface area contributed by atoms with Crippen molar-refractivity contribution in [1.29, 1.82) is 0 Å². The van der Waals surface area contributed by atoms with E-state index < -0.39 is 46.5 Å². The van der Waals surface area contributed by atoms with Gasteiger partial charge in [0.1, 0.15) is 22.9 Å². The molecule has 5 rings (SSSR count). The fourth-order valence-corrected chi connectivity index (χ4v) is 6.37. The van der Waals surface area contributed by atoms with Gasteiger partial charge >= 0.3 is 11.7 Å². The molecule has 14 nitrogen and oxygen atoms in total. The van der Waals surface area contributed by atoms with Gasteiger partial charge in [-0.3, -0.25) is 14.5 Å². The Morgan fingerprint density at radius 2 is 2.12 bits per heavy atom. The zero-order chi connectivity index (χ0) is 30.5. The highest BCUT2D eigenvalue weighted by Gasteiger charge is 2.53. The Morgan fingerprint density at radius 1 is 1.38 bits per heavy atom. The quantitative estimate of drug-likeness (QED) is 0.127. The van der Waals surface area contributed by atoms with E-state index in [-0.39, 0.29) is 28.8 Å². The summed E-state index contributed by atoms with van der Waals surface area (Å²) < 4.78 is 7.63. The summed E-state index contributed by atoms with van der Waals surface area (Å²) >= 11 is 2.30. The van der Waals surface area contributed by atoms with E-state index in [1.165, 1.54) is 31.0 Å². The molecule has 2 aliphatic heterocycles. The number of furan rings is 1. The topological polar surface area (TPSA) is 204 Å². The number of hydrogen-bond donors (Lipinski definition) is 3. The number of thiazole rings is 1. The first-order valence-electron chi connectivity index (χ1n) is 12.6. The molecule has 220 valence electrons. The molecule has 2 aliphatic rings. The second kappa shape index (κ2) is 10.8. The number of aliphatic carboxylic acids is 2. The number of nitrogens with one attached hydrogen (secondary N) is 1. The van der Waals surface area contributed by atoms with E-state index in [1.807, 2.05) is 26.0 Å². The number of carbonyl (C=O) groups is 4. The van der Waals surface area contributed by atoms with Crippen LogP contribution in [0.4, 0.5) is 5.13 Å². The molecule has 2 amide bonds. The number of fused-ring (bicyclic) bond motifs is 2. The number of pyridine rings is 1. The van der Waals surface area contributed by atoms with Crippen LogP contribution in [0.5, 0.6) is 0 Å². The van der Waals surface area contributed by atoms with Crippen molar-refractivity contribution in [1.82, 2.24) is 15.2 Å². The molecule has 16 heteroatoms. The fraction of sp³-hybridized carbons (Fsp3) is 0.346. The van der Waals surface area contributed by atoms with Crippen molar-refractivity contribution in [3.63, 3.8) is 0 Å². The van der Waals surface area contributed by atoms with Crippen LogP contribution in [0.25, 0.3) is 11.1 Å². The number of hydrogen-bond acceptors (Lipinski definition) is 12. The lowest BCUT2D eigenvalue weighted by molar-refractivity contribution is -0.669. The van der Waals surface area contributed by atoms with Gasteiger partial charge in [0.15, 0.2) is 23.6 Å². The number of nitrogen functional groups attached to an aromatic ring is 1. The first-order valence-corrected chi connectivity index (χ1v) is 14.5. The number of anilines is 1. The van der Waals surface area contributed by atoms with Gasteiger partial charge in [-0.05, 0) is 39.3 Å². The monoisotopic (exact) mass is 614 g/mol. The molecule has 1 saturated heterocycles. The maximum Gasteiger partial charge on any atom is 0.381 e. The standard InChI is InChI=1S/C26H26N6O8S2/c1-11-5-6-31(21-14(11)7-12(2)39-21)8-13-9-41-22-17(20(34)32(22)18(13)23(35)36)29-19(33)16(15-10-42-25(27)28-15)30-40-26(3,4)24(37)38/h5-7,10,17,22H,8-9H2,1-4H3,(H4-,27,28,29,33,35,36,37,38)/b30-16-/t17?,22-/m1/s1. The molecule has 0 radical (unpaired) electrons. The number of aryl methyl sites for hydroxylation is 2. The van der Waals surface area contributed by atoms with Crippen LogP contribution in [0.2, 0.25) is 0 Å². The first kappa shape index (κ1) is 29.1. The Hall–Kier alpha value is -4.44. The number of β-lactam (4-membered cyclic amide) rings is 1. The average molecular weight is 615 g/mol. The number of rotatable bonds is 9. The molecule has 0 spiro atoms. The molecule has 42 heavy (non-hydrogen) atoms. The summed E-state index contributed by atoms with van der Waals surface area (Å²) in [6.07, 6.45) is 1.79. The molecule has 4 N–H and O–H groups in total. The Kier molecular flexibility index (Phi) is 7.44.